The second-order valence-electron chi connectivity index (χ2n) is 3.29. The number of benzene rings is 1. The summed E-state index contributed by atoms with van der Waals surface area (Å²) >= 11 is 0. The van der Waals surface area contributed by atoms with E-state index in [1.54, 1.807) is 6.07 Å². The number of hydrogen-bond donors (Lipinski definition) is 2. The fraction of sp³-hybridized carbons (Fsp3) is 0.200. The quantitative estimate of drug-likeness (QED) is 0.593. The highest BCUT2D eigenvalue weighted by Crippen LogP contribution is 2.30. The maximum absolute atomic E-state index is 10.8. The SMILES string of the molecule is Cc1c(C#N)ccc(C(O)C(=O)O)c1[N+](=O)[O-]. The van der Waals surface area contributed by atoms with Crippen molar-refractivity contribution in [2.45, 2.75) is 13.0 Å². The zero-order valence-electron chi connectivity index (χ0n) is 8.75. The molecule has 0 spiro atoms. The van der Waals surface area contributed by atoms with Gasteiger partial charge in [0.15, 0.2) is 6.10 Å². The number of nitrogens with zero attached hydrogens (tertiary/aromatic N) is 2. The van der Waals surface area contributed by atoms with Crippen LogP contribution in [0, 0.1) is 28.4 Å². The lowest BCUT2D eigenvalue weighted by atomic mass is 9.99. The fourth-order valence-electron chi connectivity index (χ4n) is 1.44. The van der Waals surface area contributed by atoms with Crippen molar-refractivity contribution in [3.05, 3.63) is 38.9 Å². The monoisotopic (exact) mass is 236 g/mol. The van der Waals surface area contributed by atoms with E-state index < -0.39 is 22.7 Å². The number of nitro benzene ring substituents is 1. The molecule has 0 bridgehead atoms. The van der Waals surface area contributed by atoms with Gasteiger partial charge < -0.3 is 10.2 Å². The highest BCUT2D eigenvalue weighted by molar-refractivity contribution is 5.76. The molecule has 1 aromatic carbocycles. The van der Waals surface area contributed by atoms with E-state index in [0.29, 0.717) is 0 Å². The molecule has 0 amide bonds. The molecule has 7 heteroatoms. The molecule has 1 atom stereocenters. The van der Waals surface area contributed by atoms with E-state index in [1.807, 2.05) is 0 Å². The summed E-state index contributed by atoms with van der Waals surface area (Å²) in [6.07, 6.45) is -1.98. The predicted molar refractivity (Wildman–Crippen MR) is 55.1 cm³/mol. The molecule has 0 aliphatic rings. The van der Waals surface area contributed by atoms with Crippen molar-refractivity contribution < 1.29 is 19.9 Å². The van der Waals surface area contributed by atoms with Gasteiger partial charge >= 0.3 is 5.97 Å². The molecule has 0 radical (unpaired) electrons. The summed E-state index contributed by atoms with van der Waals surface area (Å²) in [5.41, 5.74) is -0.772. The molecule has 0 fully saturated rings. The van der Waals surface area contributed by atoms with Crippen LogP contribution in [0.2, 0.25) is 0 Å². The first kappa shape index (κ1) is 12.6. The number of carbonyl (C=O) groups is 1. The van der Waals surface area contributed by atoms with Gasteiger partial charge in [0.25, 0.3) is 5.69 Å². The van der Waals surface area contributed by atoms with Crippen LogP contribution < -0.4 is 0 Å². The van der Waals surface area contributed by atoms with Crippen LogP contribution in [0.25, 0.3) is 0 Å². The van der Waals surface area contributed by atoms with Crippen LogP contribution in [-0.2, 0) is 4.79 Å². The predicted octanol–water partition coefficient (Wildman–Crippen LogP) is 0.893. The number of carboxylic acid groups (broad SMARTS) is 1. The smallest absolute Gasteiger partial charge is 0.337 e. The third-order valence-corrected chi connectivity index (χ3v) is 2.29. The van der Waals surface area contributed by atoms with Gasteiger partial charge in [-0.25, -0.2) is 4.79 Å². The van der Waals surface area contributed by atoms with E-state index in [0.717, 1.165) is 6.07 Å². The Morgan fingerprint density at radius 2 is 2.18 bits per heavy atom. The summed E-state index contributed by atoms with van der Waals surface area (Å²) in [4.78, 5) is 20.6. The summed E-state index contributed by atoms with van der Waals surface area (Å²) in [7, 11) is 0. The molecule has 1 aromatic rings. The number of nitro groups is 1. The van der Waals surface area contributed by atoms with Crippen LogP contribution in [0.4, 0.5) is 5.69 Å². The standard InChI is InChI=1S/C10H8N2O5/c1-5-6(4-11)2-3-7(8(5)12(16)17)9(13)10(14)15/h2-3,9,13H,1H3,(H,14,15). The summed E-state index contributed by atoms with van der Waals surface area (Å²) in [5, 5.41) is 37.5. The van der Waals surface area contributed by atoms with Gasteiger partial charge in [-0.05, 0) is 19.1 Å². The number of nitriles is 1. The molecule has 0 saturated heterocycles. The lowest BCUT2D eigenvalue weighted by molar-refractivity contribution is -0.386. The van der Waals surface area contributed by atoms with Crippen LogP contribution in [0.5, 0.6) is 0 Å². The molecule has 1 rings (SSSR count). The number of rotatable bonds is 3. The highest BCUT2D eigenvalue weighted by atomic mass is 16.6. The second-order valence-corrected chi connectivity index (χ2v) is 3.29. The first-order valence-electron chi connectivity index (χ1n) is 4.49. The van der Waals surface area contributed by atoms with Crippen LogP contribution in [0.15, 0.2) is 12.1 Å². The van der Waals surface area contributed by atoms with Crippen molar-refractivity contribution in [1.29, 1.82) is 5.26 Å². The molecule has 17 heavy (non-hydrogen) atoms. The van der Waals surface area contributed by atoms with Crippen molar-refractivity contribution in [2.24, 2.45) is 0 Å². The fourth-order valence-corrected chi connectivity index (χ4v) is 1.44. The molecule has 1 unspecified atom stereocenters. The summed E-state index contributed by atoms with van der Waals surface area (Å²) in [6, 6.07) is 4.06. The van der Waals surface area contributed by atoms with E-state index in [4.69, 9.17) is 10.4 Å². The number of hydrogen-bond acceptors (Lipinski definition) is 5. The Hall–Kier alpha value is -2.46. The van der Waals surface area contributed by atoms with E-state index in [1.165, 1.54) is 13.0 Å². The first-order valence-corrected chi connectivity index (χ1v) is 4.49. The van der Waals surface area contributed by atoms with E-state index in [-0.39, 0.29) is 16.7 Å². The van der Waals surface area contributed by atoms with Crippen LogP contribution >= 0.6 is 0 Å². The highest BCUT2D eigenvalue weighted by Gasteiger charge is 2.28. The van der Waals surface area contributed by atoms with E-state index in [9.17, 15) is 20.0 Å². The van der Waals surface area contributed by atoms with Crippen LogP contribution in [0.1, 0.15) is 22.8 Å². The average molecular weight is 236 g/mol. The van der Waals surface area contributed by atoms with Crippen molar-refractivity contribution in [3.8, 4) is 6.07 Å². The van der Waals surface area contributed by atoms with Crippen molar-refractivity contribution >= 4 is 11.7 Å². The van der Waals surface area contributed by atoms with Crippen LogP contribution in [0.3, 0.4) is 0 Å². The Labute approximate surface area is 95.7 Å². The minimum absolute atomic E-state index is 0.0373. The molecule has 0 aliphatic heterocycles. The maximum atomic E-state index is 10.8. The number of aliphatic hydroxyl groups excluding tert-OH is 1. The van der Waals surface area contributed by atoms with Crippen molar-refractivity contribution in [3.63, 3.8) is 0 Å². The molecule has 88 valence electrons. The Bertz CT molecular complexity index is 532. The van der Waals surface area contributed by atoms with Gasteiger partial charge in [-0.15, -0.1) is 0 Å². The molecule has 0 aliphatic carbocycles. The van der Waals surface area contributed by atoms with Crippen LogP contribution in [-0.4, -0.2) is 21.1 Å². The maximum Gasteiger partial charge on any atom is 0.337 e. The molecule has 0 heterocycles. The average Bonchev–Trinajstić information content (AvgIpc) is 2.26. The van der Waals surface area contributed by atoms with Gasteiger partial charge in [0.2, 0.25) is 0 Å². The summed E-state index contributed by atoms with van der Waals surface area (Å²) < 4.78 is 0. The Kier molecular flexibility index (Phi) is 3.40. The molecule has 0 saturated carbocycles. The molecular weight excluding hydrogens is 228 g/mol. The van der Waals surface area contributed by atoms with E-state index >= 15 is 0 Å². The zero-order chi connectivity index (χ0) is 13.2. The lowest BCUT2D eigenvalue weighted by Crippen LogP contribution is -2.13. The number of carboxylic acids is 1. The van der Waals surface area contributed by atoms with Gasteiger partial charge in [-0.3, -0.25) is 10.1 Å². The topological polar surface area (TPSA) is 124 Å². The van der Waals surface area contributed by atoms with Gasteiger partial charge in [0.1, 0.15) is 0 Å². The summed E-state index contributed by atoms with van der Waals surface area (Å²) in [5.74, 6) is -1.59. The normalized spacial score (nSPS) is 11.6. The largest absolute Gasteiger partial charge is 0.479 e. The van der Waals surface area contributed by atoms with Crippen molar-refractivity contribution in [1.82, 2.24) is 0 Å². The Balaban J connectivity index is 3.53. The van der Waals surface area contributed by atoms with Gasteiger partial charge in [-0.2, -0.15) is 5.26 Å². The van der Waals surface area contributed by atoms with Gasteiger partial charge in [0.05, 0.1) is 22.1 Å². The third-order valence-electron chi connectivity index (χ3n) is 2.29. The number of aliphatic carboxylic acids is 1. The second kappa shape index (κ2) is 4.59. The minimum atomic E-state index is -1.98. The zero-order valence-corrected chi connectivity index (χ0v) is 8.75. The summed E-state index contributed by atoms with van der Waals surface area (Å²) in [6.45, 7) is 1.33. The lowest BCUT2D eigenvalue weighted by Gasteiger charge is -2.09. The van der Waals surface area contributed by atoms with E-state index in [2.05, 4.69) is 0 Å². The van der Waals surface area contributed by atoms with Crippen molar-refractivity contribution in [2.75, 3.05) is 0 Å². The first-order chi connectivity index (χ1) is 7.90. The minimum Gasteiger partial charge on any atom is -0.479 e. The molecular formula is C10H8N2O5. The third kappa shape index (κ3) is 2.21. The Morgan fingerprint density at radius 3 is 2.59 bits per heavy atom. The number of aliphatic hydroxyl groups is 1. The van der Waals surface area contributed by atoms with Gasteiger partial charge in [-0.1, -0.05) is 0 Å². The molecule has 7 nitrogen and oxygen atoms in total. The Morgan fingerprint density at radius 1 is 1.59 bits per heavy atom. The molecule has 2 N–H and O–H groups in total. The molecule has 0 aromatic heterocycles. The van der Waals surface area contributed by atoms with Gasteiger partial charge in [0, 0.05) is 5.56 Å².